The van der Waals surface area contributed by atoms with Crippen molar-refractivity contribution in [1.29, 1.82) is 0 Å². The highest BCUT2D eigenvalue weighted by Gasteiger charge is 2.22. The maximum atomic E-state index is 4.89. The Labute approximate surface area is 341 Å². The van der Waals surface area contributed by atoms with E-state index in [0.717, 1.165) is 34.0 Å². The molecule has 0 bridgehead atoms. The maximum absolute atomic E-state index is 4.89. The minimum Gasteiger partial charge on any atom is -0.275 e. The van der Waals surface area contributed by atoms with Crippen LogP contribution in [0.1, 0.15) is 0 Å². The van der Waals surface area contributed by atoms with Gasteiger partial charge in [0, 0.05) is 16.8 Å². The Morgan fingerprint density at radius 3 is 1.47 bits per heavy atom. The van der Waals surface area contributed by atoms with Crippen molar-refractivity contribution in [3.8, 4) is 61.8 Å². The summed E-state index contributed by atoms with van der Waals surface area (Å²) in [5.74, 6) is 1.60. The van der Waals surface area contributed by atoms with Gasteiger partial charge in [-0.25, -0.2) is 0 Å². The fraction of sp³-hybridized carbons (Fsp3) is 0. The van der Waals surface area contributed by atoms with Crippen molar-refractivity contribution in [3.05, 3.63) is 212 Å². The highest BCUT2D eigenvalue weighted by atomic mass is 15.3. The monoisotopic (exact) mass is 749 g/mol. The van der Waals surface area contributed by atoms with Crippen LogP contribution >= 0.6 is 0 Å². The van der Waals surface area contributed by atoms with E-state index in [1.807, 2.05) is 0 Å². The van der Waals surface area contributed by atoms with Crippen LogP contribution in [0.5, 0.6) is 0 Å². The van der Waals surface area contributed by atoms with Crippen molar-refractivity contribution in [2.75, 3.05) is 0 Å². The lowest BCUT2D eigenvalue weighted by Crippen LogP contribution is -2.00. The first-order valence-corrected chi connectivity index (χ1v) is 20.2. The third-order valence-corrected chi connectivity index (χ3v) is 12.0. The van der Waals surface area contributed by atoms with Gasteiger partial charge in [-0.1, -0.05) is 182 Å². The Morgan fingerprint density at radius 1 is 0.271 bits per heavy atom. The number of nitrogens with zero attached hydrogens (tertiary/aromatic N) is 3. The Bertz CT molecular complexity index is 3530. The maximum Gasteiger partial charge on any atom is 0.168 e. The van der Waals surface area contributed by atoms with E-state index in [2.05, 4.69) is 217 Å². The number of hydrogen-bond donors (Lipinski definition) is 0. The summed E-state index contributed by atoms with van der Waals surface area (Å²) in [7, 11) is 0. The Morgan fingerprint density at radius 2 is 0.763 bits per heavy atom. The molecule has 12 rings (SSSR count). The average molecular weight is 750 g/mol. The first-order chi connectivity index (χ1) is 29.2. The van der Waals surface area contributed by atoms with Crippen molar-refractivity contribution in [2.45, 2.75) is 0 Å². The minimum absolute atomic E-state index is 0.796. The summed E-state index contributed by atoms with van der Waals surface area (Å²) in [6, 6.07) is 76.7. The molecule has 1 aromatic heterocycles. The van der Waals surface area contributed by atoms with Gasteiger partial charge in [0.05, 0.1) is 0 Å². The van der Waals surface area contributed by atoms with Gasteiger partial charge in [-0.3, -0.25) is 4.57 Å². The number of benzene rings is 11. The summed E-state index contributed by atoms with van der Waals surface area (Å²) in [5.41, 5.74) is 10.3. The molecule has 59 heavy (non-hydrogen) atoms. The van der Waals surface area contributed by atoms with E-state index in [1.165, 1.54) is 81.7 Å². The quantitative estimate of drug-likeness (QED) is 0.159. The number of aromatic nitrogens is 3. The van der Waals surface area contributed by atoms with Crippen LogP contribution in [0.25, 0.3) is 116 Å². The topological polar surface area (TPSA) is 30.7 Å². The zero-order valence-electron chi connectivity index (χ0n) is 32.0. The SMILES string of the molecule is c1ccc(-c2c(-c3ccccc3)c3cc(-c4ccc(-c5nnc(-c6ccc7ccccc7c6)n5-c5ccc6ccccc6c5)cc4)cc4ccc5cccc2c5c43)cc1. The van der Waals surface area contributed by atoms with E-state index in [1.54, 1.807) is 0 Å². The Balaban J connectivity index is 1.05. The first-order valence-electron chi connectivity index (χ1n) is 20.2. The van der Waals surface area contributed by atoms with Crippen molar-refractivity contribution in [1.82, 2.24) is 14.8 Å². The summed E-state index contributed by atoms with van der Waals surface area (Å²) < 4.78 is 2.20. The summed E-state index contributed by atoms with van der Waals surface area (Å²) in [6.45, 7) is 0. The molecular formula is C56H35N3. The van der Waals surface area contributed by atoms with Crippen molar-refractivity contribution in [3.63, 3.8) is 0 Å². The molecule has 0 saturated carbocycles. The van der Waals surface area contributed by atoms with E-state index in [0.29, 0.717) is 0 Å². The molecule has 0 amide bonds. The van der Waals surface area contributed by atoms with Crippen LogP contribution in [0.15, 0.2) is 212 Å². The number of rotatable bonds is 6. The van der Waals surface area contributed by atoms with Crippen LogP contribution in [0.3, 0.4) is 0 Å². The lowest BCUT2D eigenvalue weighted by atomic mass is 9.81. The molecular weight excluding hydrogens is 715 g/mol. The van der Waals surface area contributed by atoms with Crippen LogP contribution in [-0.4, -0.2) is 14.8 Å². The Hall–Kier alpha value is -7.88. The van der Waals surface area contributed by atoms with Crippen molar-refractivity contribution < 1.29 is 0 Å². The zero-order chi connectivity index (χ0) is 38.9. The smallest absolute Gasteiger partial charge is 0.168 e. The fourth-order valence-corrected chi connectivity index (χ4v) is 9.25. The van der Waals surface area contributed by atoms with Crippen LogP contribution < -0.4 is 0 Å². The molecule has 11 aromatic carbocycles. The van der Waals surface area contributed by atoms with Gasteiger partial charge >= 0.3 is 0 Å². The molecule has 0 aliphatic rings. The molecule has 0 aliphatic carbocycles. The second kappa shape index (κ2) is 13.4. The first kappa shape index (κ1) is 33.3. The fourth-order valence-electron chi connectivity index (χ4n) is 9.25. The summed E-state index contributed by atoms with van der Waals surface area (Å²) in [4.78, 5) is 0. The third kappa shape index (κ3) is 5.44. The second-order valence-electron chi connectivity index (χ2n) is 15.4. The van der Waals surface area contributed by atoms with Gasteiger partial charge in [-0.2, -0.15) is 0 Å². The highest BCUT2D eigenvalue weighted by Crippen LogP contribution is 2.48. The lowest BCUT2D eigenvalue weighted by Gasteiger charge is -2.21. The van der Waals surface area contributed by atoms with Crippen LogP contribution in [0, 0.1) is 0 Å². The molecule has 0 unspecified atom stereocenters. The number of hydrogen-bond acceptors (Lipinski definition) is 2. The van der Waals surface area contributed by atoms with Crippen LogP contribution in [0.2, 0.25) is 0 Å². The van der Waals surface area contributed by atoms with Crippen molar-refractivity contribution >= 4 is 53.9 Å². The van der Waals surface area contributed by atoms with Gasteiger partial charge < -0.3 is 0 Å². The highest BCUT2D eigenvalue weighted by molar-refractivity contribution is 6.31. The van der Waals surface area contributed by atoms with Crippen molar-refractivity contribution in [2.24, 2.45) is 0 Å². The molecule has 0 spiro atoms. The molecule has 274 valence electrons. The zero-order valence-corrected chi connectivity index (χ0v) is 32.0. The predicted octanol–water partition coefficient (Wildman–Crippen LogP) is 14.8. The molecule has 0 radical (unpaired) electrons. The predicted molar refractivity (Wildman–Crippen MR) is 247 cm³/mol. The van der Waals surface area contributed by atoms with Gasteiger partial charge in [0.2, 0.25) is 0 Å². The lowest BCUT2D eigenvalue weighted by molar-refractivity contribution is 1.08. The van der Waals surface area contributed by atoms with Gasteiger partial charge in [-0.15, -0.1) is 10.2 Å². The molecule has 0 aliphatic heterocycles. The summed E-state index contributed by atoms with van der Waals surface area (Å²) in [5, 5.41) is 22.1. The largest absolute Gasteiger partial charge is 0.275 e. The molecule has 3 nitrogen and oxygen atoms in total. The van der Waals surface area contributed by atoms with E-state index in [9.17, 15) is 0 Å². The third-order valence-electron chi connectivity index (χ3n) is 12.0. The number of fused-ring (bicyclic) bond motifs is 2. The summed E-state index contributed by atoms with van der Waals surface area (Å²) >= 11 is 0. The molecule has 0 fully saturated rings. The molecule has 3 heteroatoms. The van der Waals surface area contributed by atoms with E-state index >= 15 is 0 Å². The summed E-state index contributed by atoms with van der Waals surface area (Å²) in [6.07, 6.45) is 0. The van der Waals surface area contributed by atoms with Gasteiger partial charge in [0.1, 0.15) is 0 Å². The normalized spacial score (nSPS) is 11.7. The van der Waals surface area contributed by atoms with E-state index < -0.39 is 0 Å². The Kier molecular flexibility index (Phi) is 7.54. The van der Waals surface area contributed by atoms with E-state index in [4.69, 9.17) is 10.2 Å². The van der Waals surface area contributed by atoms with Gasteiger partial charge in [-0.05, 0) is 118 Å². The molecule has 1 heterocycles. The van der Waals surface area contributed by atoms with E-state index in [-0.39, 0.29) is 0 Å². The van der Waals surface area contributed by atoms with Gasteiger partial charge in [0.25, 0.3) is 0 Å². The average Bonchev–Trinajstić information content (AvgIpc) is 3.76. The molecule has 0 atom stereocenters. The molecule has 12 aromatic rings. The van der Waals surface area contributed by atoms with Gasteiger partial charge in [0.15, 0.2) is 11.6 Å². The standard InChI is InChI=1S/C56H35N3/c1-3-14-39(15-4-1)51-49-21-11-20-41-25-28-45-33-47(35-50(54(45)52(41)49)53(51)40-16-5-2-6-17-40)38-22-26-42(27-23-38)55-57-58-56(46-29-24-36-12-7-9-18-43(36)32-46)59(55)48-31-30-37-13-8-10-19-44(37)34-48/h1-35H. The van der Waals surface area contributed by atoms with Crippen LogP contribution in [-0.2, 0) is 0 Å². The molecule has 0 saturated heterocycles. The minimum atomic E-state index is 0.796. The second-order valence-corrected chi connectivity index (χ2v) is 15.4. The van der Waals surface area contributed by atoms with Crippen LogP contribution in [0.4, 0.5) is 0 Å². The molecule has 0 N–H and O–H groups in total.